The lowest BCUT2D eigenvalue weighted by molar-refractivity contribution is -0.154. The number of carboxylic acids is 1. The Morgan fingerprint density at radius 2 is 2.07 bits per heavy atom. The van der Waals surface area contributed by atoms with Gasteiger partial charge in [-0.05, 0) is 12.8 Å². The van der Waals surface area contributed by atoms with Crippen molar-refractivity contribution in [3.05, 3.63) is 0 Å². The minimum Gasteiger partial charge on any atom is -0.480 e. The van der Waals surface area contributed by atoms with Crippen molar-refractivity contribution in [1.29, 1.82) is 0 Å². The standard InChI is InChI=1S/C9H12N2O4/c12-7-4-11(8(13)5-1-2-5)6(3-10-7)9(14)15/h5-6H,1-4H2,(H,10,12)(H,14,15). The van der Waals surface area contributed by atoms with Crippen LogP contribution in [0.3, 0.4) is 0 Å². The summed E-state index contributed by atoms with van der Waals surface area (Å²) in [5.41, 5.74) is 0. The maximum absolute atomic E-state index is 11.7. The molecule has 0 bridgehead atoms. The van der Waals surface area contributed by atoms with Crippen LogP contribution in [0.2, 0.25) is 0 Å². The second kappa shape index (κ2) is 3.52. The van der Waals surface area contributed by atoms with Gasteiger partial charge in [-0.15, -0.1) is 0 Å². The molecule has 6 heteroatoms. The van der Waals surface area contributed by atoms with Crippen LogP contribution in [-0.4, -0.2) is 46.9 Å². The molecular formula is C9H12N2O4. The number of aliphatic carboxylic acids is 1. The second-order valence-corrected chi connectivity index (χ2v) is 3.90. The van der Waals surface area contributed by atoms with Crippen LogP contribution in [0.25, 0.3) is 0 Å². The molecule has 1 saturated carbocycles. The molecule has 2 fully saturated rings. The fourth-order valence-corrected chi connectivity index (χ4v) is 1.66. The van der Waals surface area contributed by atoms with Crippen LogP contribution < -0.4 is 5.32 Å². The van der Waals surface area contributed by atoms with E-state index in [-0.39, 0.29) is 30.8 Å². The highest BCUT2D eigenvalue weighted by molar-refractivity contribution is 5.92. The maximum atomic E-state index is 11.7. The van der Waals surface area contributed by atoms with Crippen LogP contribution in [0, 0.1) is 5.92 Å². The molecule has 15 heavy (non-hydrogen) atoms. The van der Waals surface area contributed by atoms with Crippen LogP contribution in [-0.2, 0) is 14.4 Å². The van der Waals surface area contributed by atoms with Gasteiger partial charge >= 0.3 is 5.97 Å². The van der Waals surface area contributed by atoms with E-state index in [1.165, 1.54) is 4.90 Å². The Morgan fingerprint density at radius 3 is 2.60 bits per heavy atom. The third-order valence-corrected chi connectivity index (χ3v) is 2.68. The summed E-state index contributed by atoms with van der Waals surface area (Å²) in [6.07, 6.45) is 1.62. The first-order valence-electron chi connectivity index (χ1n) is 4.89. The van der Waals surface area contributed by atoms with Gasteiger partial charge in [0.2, 0.25) is 11.8 Å². The predicted octanol–water partition coefficient (Wildman–Crippen LogP) is -1.19. The second-order valence-electron chi connectivity index (χ2n) is 3.90. The van der Waals surface area contributed by atoms with E-state index < -0.39 is 12.0 Å². The van der Waals surface area contributed by atoms with Gasteiger partial charge in [-0.1, -0.05) is 0 Å². The summed E-state index contributed by atoms with van der Waals surface area (Å²) in [7, 11) is 0. The monoisotopic (exact) mass is 212 g/mol. The van der Waals surface area contributed by atoms with Gasteiger partial charge in [0.15, 0.2) is 0 Å². The molecule has 1 unspecified atom stereocenters. The van der Waals surface area contributed by atoms with Gasteiger partial charge in [-0.25, -0.2) is 4.79 Å². The molecule has 2 N–H and O–H groups in total. The fourth-order valence-electron chi connectivity index (χ4n) is 1.66. The highest BCUT2D eigenvalue weighted by Gasteiger charge is 2.41. The molecule has 2 aliphatic rings. The lowest BCUT2D eigenvalue weighted by Crippen LogP contribution is -2.59. The first-order chi connectivity index (χ1) is 7.09. The maximum Gasteiger partial charge on any atom is 0.328 e. The van der Waals surface area contributed by atoms with E-state index in [4.69, 9.17) is 5.11 Å². The molecule has 0 aromatic heterocycles. The zero-order valence-electron chi connectivity index (χ0n) is 8.10. The van der Waals surface area contributed by atoms with Gasteiger partial charge in [0.25, 0.3) is 0 Å². The lowest BCUT2D eigenvalue weighted by Gasteiger charge is -2.32. The van der Waals surface area contributed by atoms with Gasteiger partial charge in [0.05, 0.1) is 0 Å². The molecule has 0 spiro atoms. The first kappa shape index (κ1) is 9.95. The van der Waals surface area contributed by atoms with Crippen molar-refractivity contribution in [2.24, 2.45) is 5.92 Å². The Kier molecular flexibility index (Phi) is 2.34. The summed E-state index contributed by atoms with van der Waals surface area (Å²) in [6, 6.07) is -0.907. The van der Waals surface area contributed by atoms with E-state index in [0.717, 1.165) is 12.8 Å². The smallest absolute Gasteiger partial charge is 0.328 e. The van der Waals surface area contributed by atoms with Crippen molar-refractivity contribution < 1.29 is 19.5 Å². The lowest BCUT2D eigenvalue weighted by atomic mass is 10.1. The Hall–Kier alpha value is -1.59. The minimum absolute atomic E-state index is 0.00657. The van der Waals surface area contributed by atoms with Gasteiger partial charge in [-0.2, -0.15) is 0 Å². The first-order valence-corrected chi connectivity index (χ1v) is 4.89. The molecule has 1 aliphatic heterocycles. The predicted molar refractivity (Wildman–Crippen MR) is 48.9 cm³/mol. The largest absolute Gasteiger partial charge is 0.480 e. The number of piperazine rings is 1. The topological polar surface area (TPSA) is 86.7 Å². The molecule has 0 aromatic carbocycles. The number of amides is 2. The molecule has 6 nitrogen and oxygen atoms in total. The van der Waals surface area contributed by atoms with Crippen molar-refractivity contribution in [3.8, 4) is 0 Å². The van der Waals surface area contributed by atoms with Crippen LogP contribution in [0.4, 0.5) is 0 Å². The Bertz CT molecular complexity index is 324. The molecule has 1 aliphatic carbocycles. The normalized spacial score (nSPS) is 26.0. The SMILES string of the molecule is O=C1CN(C(=O)C2CC2)C(C(=O)O)CN1. The quantitative estimate of drug-likeness (QED) is 0.602. The van der Waals surface area contributed by atoms with Crippen molar-refractivity contribution in [3.63, 3.8) is 0 Å². The van der Waals surface area contributed by atoms with E-state index in [1.807, 2.05) is 0 Å². The van der Waals surface area contributed by atoms with E-state index in [9.17, 15) is 14.4 Å². The highest BCUT2D eigenvalue weighted by Crippen LogP contribution is 2.31. The number of carbonyl (C=O) groups excluding carboxylic acids is 2. The summed E-state index contributed by atoms with van der Waals surface area (Å²) in [5.74, 6) is -1.61. The summed E-state index contributed by atoms with van der Waals surface area (Å²) in [6.45, 7) is -0.126. The average Bonchev–Trinajstić information content (AvgIpc) is 2.99. The highest BCUT2D eigenvalue weighted by atomic mass is 16.4. The van der Waals surface area contributed by atoms with Crippen LogP contribution in [0.15, 0.2) is 0 Å². The van der Waals surface area contributed by atoms with E-state index >= 15 is 0 Å². The summed E-state index contributed by atoms with van der Waals surface area (Å²) in [4.78, 5) is 34.8. The molecule has 1 heterocycles. The number of hydrogen-bond acceptors (Lipinski definition) is 3. The molecule has 0 radical (unpaired) electrons. The van der Waals surface area contributed by atoms with Crippen molar-refractivity contribution in [2.45, 2.75) is 18.9 Å². The molecule has 1 saturated heterocycles. The van der Waals surface area contributed by atoms with Crippen molar-refractivity contribution in [2.75, 3.05) is 13.1 Å². The summed E-state index contributed by atoms with van der Waals surface area (Å²) >= 11 is 0. The van der Waals surface area contributed by atoms with Gasteiger partial charge in [-0.3, -0.25) is 9.59 Å². The number of carbonyl (C=O) groups is 3. The Balaban J connectivity index is 2.11. The summed E-state index contributed by atoms with van der Waals surface area (Å²) in [5, 5.41) is 11.3. The third-order valence-electron chi connectivity index (χ3n) is 2.68. The Morgan fingerprint density at radius 1 is 1.40 bits per heavy atom. The Labute approximate surface area is 86.2 Å². The van der Waals surface area contributed by atoms with Gasteiger partial charge in [0, 0.05) is 12.5 Å². The molecule has 1 atom stereocenters. The molecular weight excluding hydrogens is 200 g/mol. The van der Waals surface area contributed by atoms with E-state index in [2.05, 4.69) is 5.32 Å². The number of rotatable bonds is 2. The minimum atomic E-state index is -1.07. The molecule has 2 rings (SSSR count). The third kappa shape index (κ3) is 1.93. The van der Waals surface area contributed by atoms with Crippen molar-refractivity contribution >= 4 is 17.8 Å². The van der Waals surface area contributed by atoms with Gasteiger partial charge in [0.1, 0.15) is 12.6 Å². The van der Waals surface area contributed by atoms with Crippen LogP contribution in [0.5, 0.6) is 0 Å². The number of carboxylic acid groups (broad SMARTS) is 1. The summed E-state index contributed by atoms with van der Waals surface area (Å²) < 4.78 is 0. The fraction of sp³-hybridized carbons (Fsp3) is 0.667. The zero-order valence-corrected chi connectivity index (χ0v) is 8.10. The number of nitrogens with zero attached hydrogens (tertiary/aromatic N) is 1. The van der Waals surface area contributed by atoms with Crippen LogP contribution >= 0.6 is 0 Å². The molecule has 2 amide bonds. The van der Waals surface area contributed by atoms with E-state index in [0.29, 0.717) is 0 Å². The number of hydrogen-bond donors (Lipinski definition) is 2. The molecule has 82 valence electrons. The van der Waals surface area contributed by atoms with E-state index in [1.54, 1.807) is 0 Å². The van der Waals surface area contributed by atoms with Gasteiger partial charge < -0.3 is 15.3 Å². The zero-order chi connectivity index (χ0) is 11.0. The molecule has 0 aromatic rings. The van der Waals surface area contributed by atoms with Crippen molar-refractivity contribution in [1.82, 2.24) is 10.2 Å². The average molecular weight is 212 g/mol. The van der Waals surface area contributed by atoms with Crippen LogP contribution in [0.1, 0.15) is 12.8 Å². The number of nitrogens with one attached hydrogen (secondary N) is 1.